The summed E-state index contributed by atoms with van der Waals surface area (Å²) in [5.74, 6) is 0. The number of hydrogen-bond acceptors (Lipinski definition) is 2. The van der Waals surface area contributed by atoms with Crippen LogP contribution in [0.2, 0.25) is 0 Å². The van der Waals surface area contributed by atoms with Crippen LogP contribution in [0.1, 0.15) is 25.0 Å². The van der Waals surface area contributed by atoms with Crippen molar-refractivity contribution in [2.75, 3.05) is 7.05 Å². The van der Waals surface area contributed by atoms with Crippen molar-refractivity contribution in [3.63, 3.8) is 0 Å². The molecule has 0 spiro atoms. The third-order valence-electron chi connectivity index (χ3n) is 3.16. The van der Waals surface area contributed by atoms with Crippen molar-refractivity contribution in [1.82, 2.24) is 10.3 Å². The summed E-state index contributed by atoms with van der Waals surface area (Å²) in [5, 5.41) is 4.53. The largest absolute Gasteiger partial charge is 0.311 e. The number of benzene rings is 1. The Morgan fingerprint density at radius 3 is 2.62 bits per heavy atom. The monoisotopic (exact) mass is 214 g/mol. The molecule has 1 aromatic carbocycles. The molecule has 0 saturated carbocycles. The van der Waals surface area contributed by atoms with Gasteiger partial charge in [-0.2, -0.15) is 0 Å². The van der Waals surface area contributed by atoms with E-state index in [2.05, 4.69) is 55.3 Å². The third-order valence-corrected chi connectivity index (χ3v) is 3.16. The van der Waals surface area contributed by atoms with Gasteiger partial charge in [0.2, 0.25) is 0 Å². The number of hydrogen-bond donors (Lipinski definition) is 1. The molecule has 2 heteroatoms. The lowest BCUT2D eigenvalue weighted by Crippen LogP contribution is -2.32. The Kier molecular flexibility index (Phi) is 2.68. The standard InChI is InChI=1S/C14H18N2/c1-10-7-11-8-12(14(2,3)15-4)5-6-13(11)16-9-10/h5-9,15H,1-4H3. The molecule has 0 aliphatic heterocycles. The molecule has 0 saturated heterocycles. The lowest BCUT2D eigenvalue weighted by atomic mass is 9.93. The second-order valence-corrected chi connectivity index (χ2v) is 4.80. The van der Waals surface area contributed by atoms with Gasteiger partial charge >= 0.3 is 0 Å². The topological polar surface area (TPSA) is 24.9 Å². The van der Waals surface area contributed by atoms with Crippen LogP contribution in [-0.4, -0.2) is 12.0 Å². The van der Waals surface area contributed by atoms with Crippen molar-refractivity contribution in [2.24, 2.45) is 0 Å². The molecule has 0 bridgehead atoms. The van der Waals surface area contributed by atoms with Crippen LogP contribution in [0.5, 0.6) is 0 Å². The highest BCUT2D eigenvalue weighted by Crippen LogP contribution is 2.23. The fourth-order valence-electron chi connectivity index (χ4n) is 1.77. The fraction of sp³-hybridized carbons (Fsp3) is 0.357. The Hall–Kier alpha value is -1.41. The van der Waals surface area contributed by atoms with Crippen LogP contribution in [0.15, 0.2) is 30.5 Å². The SMILES string of the molecule is CNC(C)(C)c1ccc2ncc(C)cc2c1. The lowest BCUT2D eigenvalue weighted by Gasteiger charge is -2.24. The average molecular weight is 214 g/mol. The molecule has 16 heavy (non-hydrogen) atoms. The minimum atomic E-state index is -0.00205. The Bertz CT molecular complexity index is 515. The van der Waals surface area contributed by atoms with E-state index in [1.807, 2.05) is 13.2 Å². The van der Waals surface area contributed by atoms with E-state index in [-0.39, 0.29) is 5.54 Å². The van der Waals surface area contributed by atoms with E-state index in [1.165, 1.54) is 16.5 Å². The van der Waals surface area contributed by atoms with Crippen LogP contribution in [0, 0.1) is 6.92 Å². The number of aromatic nitrogens is 1. The second-order valence-electron chi connectivity index (χ2n) is 4.80. The van der Waals surface area contributed by atoms with Gasteiger partial charge in [0, 0.05) is 17.1 Å². The first-order valence-corrected chi connectivity index (χ1v) is 5.59. The van der Waals surface area contributed by atoms with E-state index in [0.717, 1.165) is 5.52 Å². The summed E-state index contributed by atoms with van der Waals surface area (Å²) < 4.78 is 0. The molecule has 1 aromatic heterocycles. The number of nitrogens with one attached hydrogen (secondary N) is 1. The highest BCUT2D eigenvalue weighted by atomic mass is 14.9. The molecule has 0 aliphatic carbocycles. The van der Waals surface area contributed by atoms with E-state index in [1.54, 1.807) is 0 Å². The Morgan fingerprint density at radius 2 is 1.94 bits per heavy atom. The lowest BCUT2D eigenvalue weighted by molar-refractivity contribution is 0.445. The van der Waals surface area contributed by atoms with Crippen LogP contribution >= 0.6 is 0 Å². The van der Waals surface area contributed by atoms with Crippen LogP contribution in [0.3, 0.4) is 0 Å². The Balaban J connectivity index is 2.59. The number of nitrogens with zero attached hydrogens (tertiary/aromatic N) is 1. The molecule has 0 amide bonds. The fourth-order valence-corrected chi connectivity index (χ4v) is 1.77. The first-order valence-electron chi connectivity index (χ1n) is 5.59. The number of pyridine rings is 1. The molecular formula is C14H18N2. The number of rotatable bonds is 2. The molecule has 0 aliphatic rings. The maximum absolute atomic E-state index is 4.41. The first-order chi connectivity index (χ1) is 7.53. The molecule has 2 rings (SSSR count). The summed E-state index contributed by atoms with van der Waals surface area (Å²) in [4.78, 5) is 4.41. The highest BCUT2D eigenvalue weighted by Gasteiger charge is 2.17. The van der Waals surface area contributed by atoms with Crippen molar-refractivity contribution >= 4 is 10.9 Å². The molecule has 2 nitrogen and oxygen atoms in total. The van der Waals surface area contributed by atoms with Gasteiger partial charge in [0.15, 0.2) is 0 Å². The van der Waals surface area contributed by atoms with Crippen molar-refractivity contribution in [2.45, 2.75) is 26.3 Å². The smallest absolute Gasteiger partial charge is 0.0702 e. The van der Waals surface area contributed by atoms with Gasteiger partial charge in [0.1, 0.15) is 0 Å². The van der Waals surface area contributed by atoms with Gasteiger partial charge in [-0.25, -0.2) is 0 Å². The van der Waals surface area contributed by atoms with Crippen LogP contribution in [0.4, 0.5) is 0 Å². The predicted molar refractivity (Wildman–Crippen MR) is 68.6 cm³/mol. The summed E-state index contributed by atoms with van der Waals surface area (Å²) >= 11 is 0. The van der Waals surface area contributed by atoms with E-state index < -0.39 is 0 Å². The van der Waals surface area contributed by atoms with Gasteiger partial charge in [0.25, 0.3) is 0 Å². The number of aryl methyl sites for hydroxylation is 1. The summed E-state index contributed by atoms with van der Waals surface area (Å²) in [6, 6.07) is 8.62. The van der Waals surface area contributed by atoms with E-state index >= 15 is 0 Å². The third kappa shape index (κ3) is 1.93. The van der Waals surface area contributed by atoms with Crippen LogP contribution in [0.25, 0.3) is 10.9 Å². The summed E-state index contributed by atoms with van der Waals surface area (Å²) in [6.07, 6.45) is 1.91. The number of fused-ring (bicyclic) bond motifs is 1. The van der Waals surface area contributed by atoms with Gasteiger partial charge in [-0.15, -0.1) is 0 Å². The average Bonchev–Trinajstić information content (AvgIpc) is 2.28. The Labute approximate surface area is 96.7 Å². The predicted octanol–water partition coefficient (Wildman–Crippen LogP) is 3.00. The van der Waals surface area contributed by atoms with Crippen molar-refractivity contribution in [3.8, 4) is 0 Å². The van der Waals surface area contributed by atoms with Crippen molar-refractivity contribution in [3.05, 3.63) is 41.6 Å². The Morgan fingerprint density at radius 1 is 1.19 bits per heavy atom. The van der Waals surface area contributed by atoms with E-state index in [0.29, 0.717) is 0 Å². The molecular weight excluding hydrogens is 196 g/mol. The zero-order chi connectivity index (χ0) is 11.8. The molecule has 1 N–H and O–H groups in total. The zero-order valence-electron chi connectivity index (χ0n) is 10.3. The van der Waals surface area contributed by atoms with Gasteiger partial charge in [0.05, 0.1) is 5.52 Å². The van der Waals surface area contributed by atoms with E-state index in [4.69, 9.17) is 0 Å². The normalized spacial score (nSPS) is 12.0. The van der Waals surface area contributed by atoms with Crippen molar-refractivity contribution < 1.29 is 0 Å². The van der Waals surface area contributed by atoms with Crippen molar-refractivity contribution in [1.29, 1.82) is 0 Å². The second kappa shape index (κ2) is 3.87. The zero-order valence-corrected chi connectivity index (χ0v) is 10.3. The maximum Gasteiger partial charge on any atom is 0.0702 e. The molecule has 1 heterocycles. The molecule has 0 fully saturated rings. The van der Waals surface area contributed by atoms with E-state index in [9.17, 15) is 0 Å². The van der Waals surface area contributed by atoms with Gasteiger partial charge in [-0.1, -0.05) is 6.07 Å². The van der Waals surface area contributed by atoms with Gasteiger partial charge < -0.3 is 5.32 Å². The maximum atomic E-state index is 4.41. The quantitative estimate of drug-likeness (QED) is 0.831. The molecule has 84 valence electrons. The van der Waals surface area contributed by atoms with Crippen LogP contribution < -0.4 is 5.32 Å². The van der Waals surface area contributed by atoms with Gasteiger partial charge in [-0.3, -0.25) is 4.98 Å². The molecule has 2 aromatic rings. The summed E-state index contributed by atoms with van der Waals surface area (Å²) in [7, 11) is 1.98. The highest BCUT2D eigenvalue weighted by molar-refractivity contribution is 5.79. The minimum absolute atomic E-state index is 0.00205. The van der Waals surface area contributed by atoms with Gasteiger partial charge in [-0.05, 0) is 57.1 Å². The summed E-state index contributed by atoms with van der Waals surface area (Å²) in [5.41, 5.74) is 3.54. The van der Waals surface area contributed by atoms with Crippen LogP contribution in [-0.2, 0) is 5.54 Å². The summed E-state index contributed by atoms with van der Waals surface area (Å²) in [6.45, 7) is 6.43. The minimum Gasteiger partial charge on any atom is -0.311 e. The molecule has 0 radical (unpaired) electrons. The molecule has 0 unspecified atom stereocenters. The first kappa shape index (κ1) is 11.1. The molecule has 0 atom stereocenters.